The SMILES string of the molecule is CC(C)C1C(=O)N[C@H](CO)Cc2ccc(NC(=O)CCc3ccccc3)cc2N1C. The summed E-state index contributed by atoms with van der Waals surface area (Å²) in [6, 6.07) is 15.0. The maximum atomic E-state index is 12.7. The number of rotatable bonds is 6. The number of nitrogens with one attached hydrogen (secondary N) is 2. The molecule has 1 unspecified atom stereocenters. The number of likely N-dealkylation sites (N-methyl/N-ethyl adjacent to an activating group) is 1. The van der Waals surface area contributed by atoms with Crippen molar-refractivity contribution in [3.8, 4) is 0 Å². The molecule has 2 aromatic carbocycles. The van der Waals surface area contributed by atoms with Crippen LogP contribution in [0.15, 0.2) is 48.5 Å². The van der Waals surface area contributed by atoms with Gasteiger partial charge in [-0.2, -0.15) is 0 Å². The minimum absolute atomic E-state index is 0.0429. The Labute approximate surface area is 178 Å². The Morgan fingerprint density at radius 2 is 1.97 bits per heavy atom. The van der Waals surface area contributed by atoms with Crippen molar-refractivity contribution >= 4 is 23.2 Å². The molecular formula is C24H31N3O3. The molecule has 1 aliphatic heterocycles. The predicted octanol–water partition coefficient (Wildman–Crippen LogP) is 2.75. The van der Waals surface area contributed by atoms with Crippen LogP contribution < -0.4 is 15.5 Å². The average molecular weight is 410 g/mol. The first kappa shape index (κ1) is 21.8. The van der Waals surface area contributed by atoms with Gasteiger partial charge < -0.3 is 20.6 Å². The highest BCUT2D eigenvalue weighted by Gasteiger charge is 2.32. The van der Waals surface area contributed by atoms with E-state index in [4.69, 9.17) is 0 Å². The largest absolute Gasteiger partial charge is 0.394 e. The van der Waals surface area contributed by atoms with Crippen molar-refractivity contribution in [1.82, 2.24) is 5.32 Å². The van der Waals surface area contributed by atoms with E-state index in [0.717, 1.165) is 16.8 Å². The third-order valence-electron chi connectivity index (χ3n) is 5.58. The second kappa shape index (κ2) is 9.76. The Balaban J connectivity index is 1.79. The molecule has 1 aliphatic rings. The van der Waals surface area contributed by atoms with Gasteiger partial charge in [0.2, 0.25) is 11.8 Å². The summed E-state index contributed by atoms with van der Waals surface area (Å²) < 4.78 is 0. The first-order valence-electron chi connectivity index (χ1n) is 10.5. The number of amides is 2. The molecule has 30 heavy (non-hydrogen) atoms. The Morgan fingerprint density at radius 3 is 2.63 bits per heavy atom. The highest BCUT2D eigenvalue weighted by molar-refractivity contribution is 5.92. The zero-order valence-corrected chi connectivity index (χ0v) is 17.9. The lowest BCUT2D eigenvalue weighted by atomic mass is 9.95. The first-order valence-corrected chi connectivity index (χ1v) is 10.5. The summed E-state index contributed by atoms with van der Waals surface area (Å²) in [6.07, 6.45) is 1.63. The number of benzene rings is 2. The molecule has 3 N–H and O–H groups in total. The maximum Gasteiger partial charge on any atom is 0.243 e. The van der Waals surface area contributed by atoms with Gasteiger partial charge in [0.05, 0.1) is 12.6 Å². The molecule has 0 aromatic heterocycles. The van der Waals surface area contributed by atoms with E-state index >= 15 is 0 Å². The van der Waals surface area contributed by atoms with Crippen LogP contribution in [-0.4, -0.2) is 42.7 Å². The van der Waals surface area contributed by atoms with Gasteiger partial charge in [-0.3, -0.25) is 9.59 Å². The molecule has 3 rings (SSSR count). The molecule has 2 atom stereocenters. The van der Waals surface area contributed by atoms with Crippen molar-refractivity contribution in [1.29, 1.82) is 0 Å². The molecule has 0 spiro atoms. The van der Waals surface area contributed by atoms with E-state index in [0.29, 0.717) is 24.9 Å². The normalized spacial score (nSPS) is 19.0. The molecular weight excluding hydrogens is 378 g/mol. The monoisotopic (exact) mass is 409 g/mol. The maximum absolute atomic E-state index is 12.7. The quantitative estimate of drug-likeness (QED) is 0.685. The lowest BCUT2D eigenvalue weighted by Gasteiger charge is -2.37. The first-order chi connectivity index (χ1) is 14.4. The standard InChI is InChI=1S/C24H31N3O3/c1-16(2)23-24(30)26-20(15-28)13-18-10-11-19(14-21(18)27(23)3)25-22(29)12-9-17-7-5-4-6-8-17/h4-8,10-11,14,16,20,23,28H,9,12-13,15H2,1-3H3,(H,25,29)(H,26,30)/t20-,23?/m0/s1. The van der Waals surface area contributed by atoms with Crippen LogP contribution in [0.3, 0.4) is 0 Å². The molecule has 0 radical (unpaired) electrons. The Kier molecular flexibility index (Phi) is 7.11. The van der Waals surface area contributed by atoms with Gasteiger partial charge in [0.1, 0.15) is 6.04 Å². The predicted molar refractivity (Wildman–Crippen MR) is 120 cm³/mol. The Bertz CT molecular complexity index is 883. The molecule has 2 amide bonds. The van der Waals surface area contributed by atoms with Gasteiger partial charge >= 0.3 is 0 Å². The van der Waals surface area contributed by atoms with Crippen LogP contribution in [-0.2, 0) is 22.4 Å². The van der Waals surface area contributed by atoms with Crippen molar-refractivity contribution in [3.63, 3.8) is 0 Å². The third kappa shape index (κ3) is 5.19. The smallest absolute Gasteiger partial charge is 0.243 e. The van der Waals surface area contributed by atoms with Crippen LogP contribution in [0.1, 0.15) is 31.4 Å². The molecule has 6 heteroatoms. The number of anilines is 2. The van der Waals surface area contributed by atoms with Gasteiger partial charge in [-0.05, 0) is 42.0 Å². The Hall–Kier alpha value is -2.86. The summed E-state index contributed by atoms with van der Waals surface area (Å²) >= 11 is 0. The van der Waals surface area contributed by atoms with Gasteiger partial charge in [-0.1, -0.05) is 50.2 Å². The fourth-order valence-corrected chi connectivity index (χ4v) is 4.06. The van der Waals surface area contributed by atoms with Crippen LogP contribution in [0.5, 0.6) is 0 Å². The molecule has 1 heterocycles. The molecule has 0 bridgehead atoms. The number of carbonyl (C=O) groups is 2. The molecule has 2 aromatic rings. The summed E-state index contributed by atoms with van der Waals surface area (Å²) in [5, 5.41) is 15.6. The molecule has 0 saturated carbocycles. The number of aliphatic hydroxyl groups is 1. The van der Waals surface area contributed by atoms with Crippen molar-refractivity contribution < 1.29 is 14.7 Å². The van der Waals surface area contributed by atoms with E-state index < -0.39 is 0 Å². The van der Waals surface area contributed by atoms with Crippen LogP contribution in [0, 0.1) is 5.92 Å². The summed E-state index contributed by atoms with van der Waals surface area (Å²) in [7, 11) is 1.91. The van der Waals surface area contributed by atoms with E-state index in [9.17, 15) is 14.7 Å². The second-order valence-corrected chi connectivity index (χ2v) is 8.27. The fourth-order valence-electron chi connectivity index (χ4n) is 4.06. The van der Waals surface area contributed by atoms with Gasteiger partial charge in [-0.25, -0.2) is 0 Å². The topological polar surface area (TPSA) is 81.7 Å². The average Bonchev–Trinajstić information content (AvgIpc) is 2.72. The summed E-state index contributed by atoms with van der Waals surface area (Å²) in [5.41, 5.74) is 3.78. The highest BCUT2D eigenvalue weighted by Crippen LogP contribution is 2.30. The zero-order valence-electron chi connectivity index (χ0n) is 17.9. The zero-order chi connectivity index (χ0) is 21.7. The van der Waals surface area contributed by atoms with Gasteiger partial charge in [0.15, 0.2) is 0 Å². The molecule has 160 valence electrons. The van der Waals surface area contributed by atoms with E-state index in [1.54, 1.807) is 0 Å². The summed E-state index contributed by atoms with van der Waals surface area (Å²) in [6.45, 7) is 3.90. The lowest BCUT2D eigenvalue weighted by Crippen LogP contribution is -2.54. The fraction of sp³-hybridized carbons (Fsp3) is 0.417. The molecule has 0 saturated heterocycles. The van der Waals surface area contributed by atoms with Crippen molar-refractivity contribution in [3.05, 3.63) is 59.7 Å². The minimum Gasteiger partial charge on any atom is -0.394 e. The Morgan fingerprint density at radius 1 is 1.23 bits per heavy atom. The highest BCUT2D eigenvalue weighted by atomic mass is 16.3. The van der Waals surface area contributed by atoms with Crippen LogP contribution >= 0.6 is 0 Å². The van der Waals surface area contributed by atoms with Gasteiger partial charge in [0, 0.05) is 24.8 Å². The molecule has 0 aliphatic carbocycles. The number of aliphatic hydroxyl groups excluding tert-OH is 1. The summed E-state index contributed by atoms with van der Waals surface area (Å²) in [4.78, 5) is 27.2. The number of nitrogens with zero attached hydrogens (tertiary/aromatic N) is 1. The van der Waals surface area contributed by atoms with E-state index in [1.165, 1.54) is 0 Å². The number of fused-ring (bicyclic) bond motifs is 1. The third-order valence-corrected chi connectivity index (χ3v) is 5.58. The number of aryl methyl sites for hydroxylation is 1. The van der Waals surface area contributed by atoms with Crippen LogP contribution in [0.4, 0.5) is 11.4 Å². The van der Waals surface area contributed by atoms with Crippen molar-refractivity contribution in [2.45, 2.75) is 45.2 Å². The lowest BCUT2D eigenvalue weighted by molar-refractivity contribution is -0.124. The van der Waals surface area contributed by atoms with Crippen LogP contribution in [0.2, 0.25) is 0 Å². The molecule has 0 fully saturated rings. The van der Waals surface area contributed by atoms with E-state index in [2.05, 4.69) is 10.6 Å². The number of hydrogen-bond donors (Lipinski definition) is 3. The molecule has 6 nitrogen and oxygen atoms in total. The number of carbonyl (C=O) groups excluding carboxylic acids is 2. The van der Waals surface area contributed by atoms with Gasteiger partial charge in [-0.15, -0.1) is 0 Å². The summed E-state index contributed by atoms with van der Waals surface area (Å²) in [5.74, 6) is -0.0439. The van der Waals surface area contributed by atoms with Gasteiger partial charge in [0.25, 0.3) is 0 Å². The van der Waals surface area contributed by atoms with E-state index in [1.807, 2.05) is 74.3 Å². The van der Waals surface area contributed by atoms with Crippen LogP contribution in [0.25, 0.3) is 0 Å². The second-order valence-electron chi connectivity index (χ2n) is 8.27. The van der Waals surface area contributed by atoms with E-state index in [-0.39, 0.29) is 36.4 Å². The van der Waals surface area contributed by atoms with Crippen molar-refractivity contribution in [2.75, 3.05) is 23.9 Å². The minimum atomic E-state index is -0.359. The number of hydrogen-bond acceptors (Lipinski definition) is 4. The van der Waals surface area contributed by atoms with Crippen molar-refractivity contribution in [2.24, 2.45) is 5.92 Å².